The molecule has 0 unspecified atom stereocenters. The van der Waals surface area contributed by atoms with E-state index in [4.69, 9.17) is 0 Å². The molecule has 2 rings (SSSR count). The molecule has 1 aliphatic carbocycles. The van der Waals surface area contributed by atoms with Gasteiger partial charge in [-0.05, 0) is 25.0 Å². The molecule has 0 aliphatic heterocycles. The summed E-state index contributed by atoms with van der Waals surface area (Å²) in [6.45, 7) is 0. The number of urea groups is 1. The van der Waals surface area contributed by atoms with Gasteiger partial charge in [0.15, 0.2) is 0 Å². The second-order valence-electron chi connectivity index (χ2n) is 3.55. The van der Waals surface area contributed by atoms with Crippen molar-refractivity contribution < 1.29 is 4.79 Å². The topological polar surface area (TPSA) is 66.0 Å². The maximum Gasteiger partial charge on any atom is 0.319 e. The van der Waals surface area contributed by atoms with Crippen LogP contribution in [0.15, 0.2) is 18.3 Å². The largest absolute Gasteiger partial charge is 0.373 e. The molecule has 1 saturated carbocycles. The number of aromatic nitrogens is 1. The van der Waals surface area contributed by atoms with Gasteiger partial charge in [0.05, 0.1) is 11.9 Å². The van der Waals surface area contributed by atoms with Crippen LogP contribution in [0.3, 0.4) is 0 Å². The predicted octanol–water partition coefficient (Wildman–Crippen LogP) is 1.41. The predicted molar refractivity (Wildman–Crippen MR) is 59.0 cm³/mol. The fourth-order valence-corrected chi connectivity index (χ4v) is 1.20. The molecule has 0 bridgehead atoms. The van der Waals surface area contributed by atoms with Crippen LogP contribution in [0.4, 0.5) is 16.3 Å². The molecule has 0 atom stereocenters. The van der Waals surface area contributed by atoms with Gasteiger partial charge in [-0.15, -0.1) is 0 Å². The molecule has 2 amide bonds. The van der Waals surface area contributed by atoms with Gasteiger partial charge in [0, 0.05) is 13.1 Å². The molecule has 1 fully saturated rings. The standard InChI is InChI=1S/C10H14N4O/c1-11-9-5-4-8(6-12-9)14-10(15)13-7-2-3-7/h4-7H,2-3H2,1H3,(H,11,12)(H2,13,14,15). The van der Waals surface area contributed by atoms with E-state index >= 15 is 0 Å². The van der Waals surface area contributed by atoms with Gasteiger partial charge in [-0.2, -0.15) is 0 Å². The minimum Gasteiger partial charge on any atom is -0.373 e. The van der Waals surface area contributed by atoms with Crippen LogP contribution in [-0.2, 0) is 0 Å². The third-order valence-corrected chi connectivity index (χ3v) is 2.19. The van der Waals surface area contributed by atoms with Gasteiger partial charge >= 0.3 is 6.03 Å². The van der Waals surface area contributed by atoms with Crippen LogP contribution in [0, 0.1) is 0 Å². The summed E-state index contributed by atoms with van der Waals surface area (Å²) in [5.41, 5.74) is 0.701. The lowest BCUT2D eigenvalue weighted by atomic mass is 10.4. The second kappa shape index (κ2) is 4.16. The van der Waals surface area contributed by atoms with Crippen molar-refractivity contribution in [3.05, 3.63) is 18.3 Å². The number of carbonyl (C=O) groups is 1. The highest BCUT2D eigenvalue weighted by atomic mass is 16.2. The Morgan fingerprint density at radius 2 is 2.27 bits per heavy atom. The molecule has 15 heavy (non-hydrogen) atoms. The molecule has 0 aromatic carbocycles. The summed E-state index contributed by atoms with van der Waals surface area (Å²) in [7, 11) is 1.80. The number of hydrogen-bond donors (Lipinski definition) is 3. The fourth-order valence-electron chi connectivity index (χ4n) is 1.20. The van der Waals surface area contributed by atoms with Crippen LogP contribution in [0.1, 0.15) is 12.8 Å². The Labute approximate surface area is 88.3 Å². The lowest BCUT2D eigenvalue weighted by Gasteiger charge is -2.06. The van der Waals surface area contributed by atoms with E-state index in [0.717, 1.165) is 18.7 Å². The Balaban J connectivity index is 1.88. The van der Waals surface area contributed by atoms with E-state index in [1.807, 2.05) is 12.1 Å². The minimum atomic E-state index is -0.156. The monoisotopic (exact) mass is 206 g/mol. The molecule has 1 aliphatic rings. The summed E-state index contributed by atoms with van der Waals surface area (Å²) >= 11 is 0. The molecule has 80 valence electrons. The lowest BCUT2D eigenvalue weighted by Crippen LogP contribution is -2.30. The normalized spacial score (nSPS) is 14.5. The Morgan fingerprint density at radius 3 is 2.80 bits per heavy atom. The summed E-state index contributed by atoms with van der Waals surface area (Å²) in [6, 6.07) is 3.84. The molecule has 0 spiro atoms. The third kappa shape index (κ3) is 2.83. The first-order valence-electron chi connectivity index (χ1n) is 4.99. The van der Waals surface area contributed by atoms with E-state index in [1.54, 1.807) is 13.2 Å². The lowest BCUT2D eigenvalue weighted by molar-refractivity contribution is 0.251. The highest BCUT2D eigenvalue weighted by molar-refractivity contribution is 5.89. The molecule has 0 radical (unpaired) electrons. The third-order valence-electron chi connectivity index (χ3n) is 2.19. The number of carbonyl (C=O) groups excluding carboxylic acids is 1. The number of nitrogens with zero attached hydrogens (tertiary/aromatic N) is 1. The summed E-state index contributed by atoms with van der Waals surface area (Å²) in [5, 5.41) is 8.47. The van der Waals surface area contributed by atoms with Crippen molar-refractivity contribution in [2.24, 2.45) is 0 Å². The van der Waals surface area contributed by atoms with E-state index in [1.165, 1.54) is 0 Å². The number of hydrogen-bond acceptors (Lipinski definition) is 3. The minimum absolute atomic E-state index is 0.156. The molecule has 0 saturated heterocycles. The smallest absolute Gasteiger partial charge is 0.319 e. The van der Waals surface area contributed by atoms with Crippen LogP contribution in [0.2, 0.25) is 0 Å². The summed E-state index contributed by atoms with van der Waals surface area (Å²) in [4.78, 5) is 15.4. The van der Waals surface area contributed by atoms with E-state index < -0.39 is 0 Å². The van der Waals surface area contributed by atoms with Crippen molar-refractivity contribution >= 4 is 17.5 Å². The number of rotatable bonds is 3. The zero-order valence-corrected chi connectivity index (χ0v) is 8.58. The van der Waals surface area contributed by atoms with Crippen molar-refractivity contribution in [3.63, 3.8) is 0 Å². The van der Waals surface area contributed by atoms with E-state index in [-0.39, 0.29) is 6.03 Å². The quantitative estimate of drug-likeness (QED) is 0.700. The zero-order valence-electron chi connectivity index (χ0n) is 8.58. The van der Waals surface area contributed by atoms with Gasteiger partial charge in [-0.25, -0.2) is 9.78 Å². The Hall–Kier alpha value is -1.78. The fraction of sp³-hybridized carbons (Fsp3) is 0.400. The molecule has 1 aromatic heterocycles. The first kappa shape index (κ1) is 9.76. The van der Waals surface area contributed by atoms with E-state index in [9.17, 15) is 4.79 Å². The first-order valence-corrected chi connectivity index (χ1v) is 4.99. The molecule has 5 nitrogen and oxygen atoms in total. The number of nitrogens with one attached hydrogen (secondary N) is 3. The Kier molecular flexibility index (Phi) is 2.71. The van der Waals surface area contributed by atoms with Gasteiger partial charge in [-0.3, -0.25) is 0 Å². The molecule has 3 N–H and O–H groups in total. The maximum absolute atomic E-state index is 11.4. The van der Waals surface area contributed by atoms with Gasteiger partial charge in [0.2, 0.25) is 0 Å². The van der Waals surface area contributed by atoms with Crippen molar-refractivity contribution in [2.45, 2.75) is 18.9 Å². The zero-order chi connectivity index (χ0) is 10.7. The van der Waals surface area contributed by atoms with Crippen LogP contribution in [-0.4, -0.2) is 24.1 Å². The van der Waals surface area contributed by atoms with Crippen LogP contribution >= 0.6 is 0 Å². The number of pyridine rings is 1. The van der Waals surface area contributed by atoms with Gasteiger partial charge in [0.25, 0.3) is 0 Å². The summed E-state index contributed by atoms with van der Waals surface area (Å²) in [6.07, 6.45) is 3.80. The van der Waals surface area contributed by atoms with Crippen molar-refractivity contribution in [1.82, 2.24) is 10.3 Å². The van der Waals surface area contributed by atoms with Crippen LogP contribution in [0.25, 0.3) is 0 Å². The molecular formula is C10H14N4O. The van der Waals surface area contributed by atoms with Crippen LogP contribution < -0.4 is 16.0 Å². The highest BCUT2D eigenvalue weighted by Gasteiger charge is 2.23. The maximum atomic E-state index is 11.4. The van der Waals surface area contributed by atoms with Crippen molar-refractivity contribution in [1.29, 1.82) is 0 Å². The van der Waals surface area contributed by atoms with Gasteiger partial charge in [0.1, 0.15) is 5.82 Å². The number of anilines is 2. The first-order chi connectivity index (χ1) is 7.28. The second-order valence-corrected chi connectivity index (χ2v) is 3.55. The molecule has 1 heterocycles. The average Bonchev–Trinajstić information content (AvgIpc) is 3.03. The van der Waals surface area contributed by atoms with Crippen molar-refractivity contribution in [2.75, 3.05) is 17.7 Å². The summed E-state index contributed by atoms with van der Waals surface area (Å²) < 4.78 is 0. The van der Waals surface area contributed by atoms with E-state index in [0.29, 0.717) is 11.7 Å². The molecular weight excluding hydrogens is 192 g/mol. The van der Waals surface area contributed by atoms with Gasteiger partial charge in [-0.1, -0.05) is 0 Å². The average molecular weight is 206 g/mol. The summed E-state index contributed by atoms with van der Waals surface area (Å²) in [5.74, 6) is 0.781. The highest BCUT2D eigenvalue weighted by Crippen LogP contribution is 2.18. The van der Waals surface area contributed by atoms with Gasteiger partial charge < -0.3 is 16.0 Å². The molecule has 5 heteroatoms. The molecule has 1 aromatic rings. The van der Waals surface area contributed by atoms with E-state index in [2.05, 4.69) is 20.9 Å². The Morgan fingerprint density at radius 1 is 1.47 bits per heavy atom. The van der Waals surface area contributed by atoms with Crippen molar-refractivity contribution in [3.8, 4) is 0 Å². The van der Waals surface area contributed by atoms with Crippen LogP contribution in [0.5, 0.6) is 0 Å². The SMILES string of the molecule is CNc1ccc(NC(=O)NC2CC2)cn1. The number of amides is 2. The Bertz CT molecular complexity index is 345.